The fraction of sp³-hybridized carbons (Fsp3) is 0.0667. The predicted octanol–water partition coefficient (Wildman–Crippen LogP) is 3.32. The predicted molar refractivity (Wildman–Crippen MR) is 91.1 cm³/mol. The number of rotatable bonds is 4. The van der Waals surface area contributed by atoms with Gasteiger partial charge in [-0.3, -0.25) is 4.79 Å². The van der Waals surface area contributed by atoms with Crippen LogP contribution in [0.2, 0.25) is 0 Å². The van der Waals surface area contributed by atoms with Crippen LogP contribution in [-0.4, -0.2) is 22.3 Å². The van der Waals surface area contributed by atoms with Gasteiger partial charge in [0.25, 0.3) is 0 Å². The monoisotopic (exact) mass is 426 g/mol. The van der Waals surface area contributed by atoms with Crippen LogP contribution in [0.15, 0.2) is 50.4 Å². The zero-order chi connectivity index (χ0) is 16.1. The average molecular weight is 428 g/mol. The lowest BCUT2D eigenvalue weighted by molar-refractivity contribution is -0.120. The van der Waals surface area contributed by atoms with Crippen LogP contribution in [0, 0.1) is 0 Å². The number of carbonyl (C=O) groups excluding carboxylic acids is 1. The fourth-order valence-electron chi connectivity index (χ4n) is 1.71. The number of phenolic OH excluding ortho intramolecular Hbond substituents is 2. The summed E-state index contributed by atoms with van der Waals surface area (Å²) in [6.07, 6.45) is 1.51. The van der Waals surface area contributed by atoms with Gasteiger partial charge in [-0.25, -0.2) is 5.43 Å². The lowest BCUT2D eigenvalue weighted by Gasteiger charge is -2.06. The summed E-state index contributed by atoms with van der Waals surface area (Å²) in [7, 11) is 0. The van der Waals surface area contributed by atoms with Gasteiger partial charge in [-0.2, -0.15) is 5.10 Å². The van der Waals surface area contributed by atoms with E-state index < -0.39 is 0 Å². The molecule has 0 aliphatic carbocycles. The highest BCUT2D eigenvalue weighted by molar-refractivity contribution is 9.11. The zero-order valence-electron chi connectivity index (χ0n) is 11.3. The molecule has 0 aromatic heterocycles. The van der Waals surface area contributed by atoms with Crippen molar-refractivity contribution in [2.75, 3.05) is 0 Å². The first-order valence-electron chi connectivity index (χ1n) is 6.24. The SMILES string of the molecule is O=C(Cc1ccccc1)N/N=C/c1cc(Br)c(O)c(Br)c1O. The zero-order valence-corrected chi connectivity index (χ0v) is 14.4. The van der Waals surface area contributed by atoms with Crippen molar-refractivity contribution in [1.29, 1.82) is 0 Å². The van der Waals surface area contributed by atoms with Crippen molar-refractivity contribution in [3.8, 4) is 11.5 Å². The summed E-state index contributed by atoms with van der Waals surface area (Å²) in [5, 5.41) is 23.3. The largest absolute Gasteiger partial charge is 0.506 e. The Bertz CT molecular complexity index is 718. The highest BCUT2D eigenvalue weighted by Crippen LogP contribution is 2.40. The number of hydrazone groups is 1. The molecule has 0 saturated heterocycles. The van der Waals surface area contributed by atoms with Crippen molar-refractivity contribution in [1.82, 2.24) is 5.43 Å². The van der Waals surface area contributed by atoms with Crippen LogP contribution in [0.3, 0.4) is 0 Å². The van der Waals surface area contributed by atoms with Crippen LogP contribution in [0.1, 0.15) is 11.1 Å². The molecule has 0 saturated carbocycles. The molecular weight excluding hydrogens is 416 g/mol. The molecule has 2 aromatic rings. The Balaban J connectivity index is 2.03. The smallest absolute Gasteiger partial charge is 0.244 e. The van der Waals surface area contributed by atoms with Gasteiger partial charge < -0.3 is 10.2 Å². The van der Waals surface area contributed by atoms with E-state index in [1.165, 1.54) is 12.3 Å². The lowest BCUT2D eigenvalue weighted by Crippen LogP contribution is -2.19. The standard InChI is InChI=1S/C15H12Br2N2O3/c16-11-7-10(14(21)13(17)15(11)22)8-18-19-12(20)6-9-4-2-1-3-5-9/h1-5,7-8,21-22H,6H2,(H,19,20)/b18-8+. The Hall–Kier alpha value is -1.86. The summed E-state index contributed by atoms with van der Waals surface area (Å²) >= 11 is 6.22. The number of carbonyl (C=O) groups is 1. The summed E-state index contributed by atoms with van der Waals surface area (Å²) in [6, 6.07) is 10.8. The third-order valence-corrected chi connectivity index (χ3v) is 4.15. The fourth-order valence-corrected chi connectivity index (χ4v) is 2.86. The molecule has 0 bridgehead atoms. The van der Waals surface area contributed by atoms with E-state index in [1.807, 2.05) is 30.3 Å². The topological polar surface area (TPSA) is 81.9 Å². The molecule has 5 nitrogen and oxygen atoms in total. The second-order valence-corrected chi connectivity index (χ2v) is 6.06. The summed E-state index contributed by atoms with van der Waals surface area (Å²) in [5.74, 6) is -0.539. The minimum absolute atomic E-state index is 0.109. The Labute approximate surface area is 143 Å². The third-order valence-electron chi connectivity index (χ3n) is 2.80. The first kappa shape index (κ1) is 16.5. The van der Waals surface area contributed by atoms with Crippen molar-refractivity contribution >= 4 is 44.0 Å². The number of benzene rings is 2. The van der Waals surface area contributed by atoms with Crippen molar-refractivity contribution in [3.63, 3.8) is 0 Å². The minimum Gasteiger partial charge on any atom is -0.506 e. The summed E-state index contributed by atoms with van der Waals surface area (Å²) in [5.41, 5.74) is 3.61. The number of nitrogens with zero attached hydrogens (tertiary/aromatic N) is 1. The Morgan fingerprint density at radius 1 is 1.18 bits per heavy atom. The van der Waals surface area contributed by atoms with Crippen molar-refractivity contribution < 1.29 is 15.0 Å². The number of hydrogen-bond acceptors (Lipinski definition) is 4. The van der Waals surface area contributed by atoms with Crippen molar-refractivity contribution in [3.05, 3.63) is 56.5 Å². The van der Waals surface area contributed by atoms with Crippen LogP contribution in [0.4, 0.5) is 0 Å². The minimum atomic E-state index is -0.265. The van der Waals surface area contributed by atoms with Crippen LogP contribution in [0.5, 0.6) is 11.5 Å². The van der Waals surface area contributed by atoms with E-state index >= 15 is 0 Å². The number of amides is 1. The number of halogens is 2. The van der Waals surface area contributed by atoms with E-state index in [0.717, 1.165) is 5.56 Å². The molecule has 22 heavy (non-hydrogen) atoms. The van der Waals surface area contributed by atoms with Gasteiger partial charge in [0.15, 0.2) is 0 Å². The molecule has 1 amide bonds. The molecule has 3 N–H and O–H groups in total. The van der Waals surface area contributed by atoms with Gasteiger partial charge in [-0.15, -0.1) is 0 Å². The molecule has 0 aliphatic rings. The molecule has 0 heterocycles. The highest BCUT2D eigenvalue weighted by Gasteiger charge is 2.12. The maximum absolute atomic E-state index is 11.7. The van der Waals surface area contributed by atoms with E-state index in [9.17, 15) is 15.0 Å². The Kier molecular flexibility index (Phi) is 5.57. The molecule has 2 rings (SSSR count). The van der Waals surface area contributed by atoms with E-state index in [0.29, 0.717) is 10.0 Å². The van der Waals surface area contributed by atoms with Crippen LogP contribution < -0.4 is 5.43 Å². The number of nitrogens with one attached hydrogen (secondary N) is 1. The van der Waals surface area contributed by atoms with E-state index in [2.05, 4.69) is 42.4 Å². The Morgan fingerprint density at radius 2 is 1.86 bits per heavy atom. The number of hydrogen-bond donors (Lipinski definition) is 3. The average Bonchev–Trinajstić information content (AvgIpc) is 2.51. The summed E-state index contributed by atoms with van der Waals surface area (Å²) in [4.78, 5) is 11.7. The van der Waals surface area contributed by atoms with Crippen LogP contribution in [0.25, 0.3) is 0 Å². The second-order valence-electron chi connectivity index (χ2n) is 4.41. The van der Waals surface area contributed by atoms with E-state index in [-0.39, 0.29) is 28.3 Å². The van der Waals surface area contributed by atoms with Gasteiger partial charge >= 0.3 is 0 Å². The molecule has 0 radical (unpaired) electrons. The first-order valence-corrected chi connectivity index (χ1v) is 7.83. The van der Waals surface area contributed by atoms with Crippen molar-refractivity contribution in [2.45, 2.75) is 6.42 Å². The lowest BCUT2D eigenvalue weighted by atomic mass is 10.1. The maximum atomic E-state index is 11.7. The molecule has 2 aromatic carbocycles. The highest BCUT2D eigenvalue weighted by atomic mass is 79.9. The van der Waals surface area contributed by atoms with Gasteiger partial charge in [-0.1, -0.05) is 30.3 Å². The molecule has 0 unspecified atom stereocenters. The van der Waals surface area contributed by atoms with Gasteiger partial charge in [0.1, 0.15) is 16.0 Å². The molecule has 114 valence electrons. The van der Waals surface area contributed by atoms with Gasteiger partial charge in [0, 0.05) is 5.56 Å². The first-order chi connectivity index (χ1) is 10.5. The molecule has 0 aliphatic heterocycles. The molecule has 0 spiro atoms. The van der Waals surface area contributed by atoms with E-state index in [1.54, 1.807) is 0 Å². The number of aromatic hydroxyl groups is 2. The molecule has 7 heteroatoms. The van der Waals surface area contributed by atoms with Gasteiger partial charge in [-0.05, 0) is 43.5 Å². The van der Waals surface area contributed by atoms with Gasteiger partial charge in [0.2, 0.25) is 5.91 Å². The molecule has 0 fully saturated rings. The maximum Gasteiger partial charge on any atom is 0.244 e. The van der Waals surface area contributed by atoms with Crippen molar-refractivity contribution in [2.24, 2.45) is 5.10 Å². The number of phenols is 2. The van der Waals surface area contributed by atoms with Crippen LogP contribution >= 0.6 is 31.9 Å². The second kappa shape index (κ2) is 7.42. The Morgan fingerprint density at radius 3 is 2.55 bits per heavy atom. The summed E-state index contributed by atoms with van der Waals surface area (Å²) in [6.45, 7) is 0. The quantitative estimate of drug-likeness (QED) is 0.517. The summed E-state index contributed by atoms with van der Waals surface area (Å²) < 4.78 is 0.549. The van der Waals surface area contributed by atoms with E-state index in [4.69, 9.17) is 0 Å². The van der Waals surface area contributed by atoms with Gasteiger partial charge in [0.05, 0.1) is 17.1 Å². The third kappa shape index (κ3) is 4.08. The van der Waals surface area contributed by atoms with Crippen LogP contribution in [-0.2, 0) is 11.2 Å². The molecule has 0 atom stereocenters. The normalized spacial score (nSPS) is 10.8. The molecular formula is C15H12Br2N2O3.